The van der Waals surface area contributed by atoms with E-state index in [1.807, 2.05) is 6.92 Å². The van der Waals surface area contributed by atoms with Crippen LogP contribution in [0.2, 0.25) is 5.02 Å². The molecule has 0 amide bonds. The van der Waals surface area contributed by atoms with Crippen molar-refractivity contribution in [3.8, 4) is 5.75 Å². The molecule has 0 saturated heterocycles. The van der Waals surface area contributed by atoms with E-state index < -0.39 is 0 Å². The maximum absolute atomic E-state index is 10.9. The normalized spacial score (nSPS) is 10.4. The van der Waals surface area contributed by atoms with Gasteiger partial charge in [0, 0.05) is 23.9 Å². The van der Waals surface area contributed by atoms with Gasteiger partial charge in [0.1, 0.15) is 5.75 Å². The summed E-state index contributed by atoms with van der Waals surface area (Å²) in [5.41, 5.74) is 3.27. The van der Waals surface area contributed by atoms with E-state index in [0.29, 0.717) is 17.1 Å². The quantitative estimate of drug-likeness (QED) is 0.656. The molecule has 0 aromatic heterocycles. The van der Waals surface area contributed by atoms with Gasteiger partial charge in [-0.1, -0.05) is 17.7 Å². The number of phenolic OH excluding ortho intramolecular Hbond substituents is 1. The highest BCUT2D eigenvalue weighted by atomic mass is 35.5. The zero-order valence-corrected chi connectivity index (χ0v) is 12.4. The first-order chi connectivity index (χ1) is 9.88. The number of rotatable bonds is 4. The van der Waals surface area contributed by atoms with Crippen molar-refractivity contribution >= 4 is 23.0 Å². The van der Waals surface area contributed by atoms with Crippen LogP contribution in [0.15, 0.2) is 30.3 Å². The zero-order valence-electron chi connectivity index (χ0n) is 11.7. The van der Waals surface area contributed by atoms with Crippen molar-refractivity contribution in [1.29, 1.82) is 0 Å². The molecule has 0 fully saturated rings. The number of phenols is 1. The highest BCUT2D eigenvalue weighted by Gasteiger charge is 2.13. The first-order valence-corrected chi connectivity index (χ1v) is 6.73. The van der Waals surface area contributed by atoms with Crippen molar-refractivity contribution < 1.29 is 10.0 Å². The Hall–Kier alpha value is -2.27. The molecule has 0 heterocycles. The molecule has 0 unspecified atom stereocenters. The Kier molecular flexibility index (Phi) is 4.33. The maximum atomic E-state index is 10.9. The molecule has 2 rings (SSSR count). The minimum atomic E-state index is -0.383. The molecule has 0 spiro atoms. The lowest BCUT2D eigenvalue weighted by atomic mass is 10.1. The minimum Gasteiger partial charge on any atom is -0.506 e. The van der Waals surface area contributed by atoms with Crippen LogP contribution in [0, 0.1) is 24.0 Å². The molecule has 5 nitrogen and oxygen atoms in total. The molecule has 0 aliphatic carbocycles. The topological polar surface area (TPSA) is 75.4 Å². The molecular weight excluding hydrogens is 292 g/mol. The third kappa shape index (κ3) is 3.44. The fraction of sp³-hybridized carbons (Fsp3) is 0.200. The Morgan fingerprint density at radius 2 is 1.95 bits per heavy atom. The van der Waals surface area contributed by atoms with Gasteiger partial charge in [0.05, 0.1) is 9.95 Å². The number of aryl methyl sites for hydroxylation is 2. The standard InChI is InChI=1S/C15H15ClN2O3/c1-9-6-14(18(20)21)10(2)5-13(9)17-8-11-3-4-15(19)12(16)7-11/h3-7,17,19H,8H2,1-2H3. The second kappa shape index (κ2) is 6.01. The summed E-state index contributed by atoms with van der Waals surface area (Å²) >= 11 is 5.85. The van der Waals surface area contributed by atoms with Crippen LogP contribution in [-0.4, -0.2) is 10.0 Å². The van der Waals surface area contributed by atoms with Crippen LogP contribution in [0.3, 0.4) is 0 Å². The van der Waals surface area contributed by atoms with Crippen molar-refractivity contribution in [2.24, 2.45) is 0 Å². The van der Waals surface area contributed by atoms with Gasteiger partial charge in [-0.2, -0.15) is 0 Å². The van der Waals surface area contributed by atoms with Crippen LogP contribution in [0.1, 0.15) is 16.7 Å². The number of nitro benzene ring substituents is 1. The van der Waals surface area contributed by atoms with Crippen molar-refractivity contribution in [1.82, 2.24) is 0 Å². The second-order valence-electron chi connectivity index (χ2n) is 4.85. The minimum absolute atomic E-state index is 0.0442. The summed E-state index contributed by atoms with van der Waals surface area (Å²) in [4.78, 5) is 10.5. The Labute approximate surface area is 127 Å². The predicted octanol–water partition coefficient (Wildman–Crippen LogP) is 4.18. The second-order valence-corrected chi connectivity index (χ2v) is 5.26. The highest BCUT2D eigenvalue weighted by Crippen LogP contribution is 2.27. The van der Waals surface area contributed by atoms with Crippen molar-refractivity contribution in [3.05, 3.63) is 62.2 Å². The van der Waals surface area contributed by atoms with Crippen molar-refractivity contribution in [3.63, 3.8) is 0 Å². The SMILES string of the molecule is Cc1cc([N+](=O)[O-])c(C)cc1NCc1ccc(O)c(Cl)c1. The Bertz CT molecular complexity index is 702. The first-order valence-electron chi connectivity index (χ1n) is 6.35. The predicted molar refractivity (Wildman–Crippen MR) is 83.0 cm³/mol. The molecular formula is C15H15ClN2O3. The number of hydrogen-bond donors (Lipinski definition) is 2. The summed E-state index contributed by atoms with van der Waals surface area (Å²) in [5.74, 6) is 0.0442. The average Bonchev–Trinajstić information content (AvgIpc) is 2.42. The molecule has 0 aliphatic rings. The van der Waals surface area contributed by atoms with Crippen molar-refractivity contribution in [2.75, 3.05) is 5.32 Å². The molecule has 0 bridgehead atoms. The largest absolute Gasteiger partial charge is 0.506 e. The van der Waals surface area contributed by atoms with Gasteiger partial charge in [-0.25, -0.2) is 0 Å². The Morgan fingerprint density at radius 1 is 1.24 bits per heavy atom. The summed E-state index contributed by atoms with van der Waals surface area (Å²) < 4.78 is 0. The third-order valence-electron chi connectivity index (χ3n) is 3.23. The molecule has 21 heavy (non-hydrogen) atoms. The molecule has 0 radical (unpaired) electrons. The fourth-order valence-corrected chi connectivity index (χ4v) is 2.25. The van der Waals surface area contributed by atoms with Gasteiger partial charge in [0.15, 0.2) is 0 Å². The summed E-state index contributed by atoms with van der Waals surface area (Å²) in [5, 5.41) is 23.8. The van der Waals surface area contributed by atoms with Gasteiger partial charge in [-0.05, 0) is 43.2 Å². The Morgan fingerprint density at radius 3 is 2.57 bits per heavy atom. The summed E-state index contributed by atoms with van der Waals surface area (Å²) in [6.45, 7) is 4.04. The molecule has 2 aromatic carbocycles. The average molecular weight is 307 g/mol. The smallest absolute Gasteiger partial charge is 0.272 e. The number of halogens is 1. The lowest BCUT2D eigenvalue weighted by molar-refractivity contribution is -0.385. The van der Waals surface area contributed by atoms with E-state index in [-0.39, 0.29) is 16.4 Å². The van der Waals surface area contributed by atoms with Gasteiger partial charge in [-0.3, -0.25) is 10.1 Å². The van der Waals surface area contributed by atoms with Gasteiger partial charge >= 0.3 is 0 Å². The molecule has 2 N–H and O–H groups in total. The van der Waals surface area contributed by atoms with Gasteiger partial charge < -0.3 is 10.4 Å². The number of benzene rings is 2. The van der Waals surface area contributed by atoms with E-state index in [0.717, 1.165) is 16.8 Å². The van der Waals surface area contributed by atoms with E-state index >= 15 is 0 Å². The number of nitro groups is 1. The molecule has 0 aliphatic heterocycles. The van der Waals surface area contributed by atoms with E-state index in [1.54, 1.807) is 31.2 Å². The van der Waals surface area contributed by atoms with Gasteiger partial charge in [0.2, 0.25) is 0 Å². The zero-order chi connectivity index (χ0) is 15.6. The summed E-state index contributed by atoms with van der Waals surface area (Å²) in [7, 11) is 0. The molecule has 0 saturated carbocycles. The highest BCUT2D eigenvalue weighted by molar-refractivity contribution is 6.32. The van der Waals surface area contributed by atoms with Crippen LogP contribution < -0.4 is 5.32 Å². The monoisotopic (exact) mass is 306 g/mol. The molecule has 2 aromatic rings. The number of nitrogens with one attached hydrogen (secondary N) is 1. The van der Waals surface area contributed by atoms with Crippen molar-refractivity contribution in [2.45, 2.75) is 20.4 Å². The molecule has 0 atom stereocenters. The fourth-order valence-electron chi connectivity index (χ4n) is 2.05. The number of nitrogens with zero attached hydrogens (tertiary/aromatic N) is 1. The number of anilines is 1. The third-order valence-corrected chi connectivity index (χ3v) is 3.54. The van der Waals surface area contributed by atoms with E-state index in [4.69, 9.17) is 11.6 Å². The van der Waals surface area contributed by atoms with E-state index in [1.165, 1.54) is 6.07 Å². The molecule has 6 heteroatoms. The summed E-state index contributed by atoms with van der Waals surface area (Å²) in [6, 6.07) is 8.30. The number of aromatic hydroxyl groups is 1. The van der Waals surface area contributed by atoms with Crippen LogP contribution >= 0.6 is 11.6 Å². The number of hydrogen-bond acceptors (Lipinski definition) is 4. The van der Waals surface area contributed by atoms with Crippen LogP contribution in [0.4, 0.5) is 11.4 Å². The first kappa shape index (κ1) is 15.1. The van der Waals surface area contributed by atoms with Gasteiger partial charge in [-0.15, -0.1) is 0 Å². The van der Waals surface area contributed by atoms with E-state index in [2.05, 4.69) is 5.32 Å². The molecule has 110 valence electrons. The van der Waals surface area contributed by atoms with Gasteiger partial charge in [0.25, 0.3) is 5.69 Å². The van der Waals surface area contributed by atoms with Crippen LogP contribution in [-0.2, 0) is 6.54 Å². The van der Waals surface area contributed by atoms with Crippen LogP contribution in [0.5, 0.6) is 5.75 Å². The van der Waals surface area contributed by atoms with E-state index in [9.17, 15) is 15.2 Å². The lowest BCUT2D eigenvalue weighted by Gasteiger charge is -2.11. The summed E-state index contributed by atoms with van der Waals surface area (Å²) in [6.07, 6.45) is 0. The Balaban J connectivity index is 2.18. The lowest BCUT2D eigenvalue weighted by Crippen LogP contribution is -2.03. The van der Waals surface area contributed by atoms with Crippen LogP contribution in [0.25, 0.3) is 0 Å². The maximum Gasteiger partial charge on any atom is 0.272 e.